The Morgan fingerprint density at radius 3 is 2.86 bits per heavy atom. The predicted octanol–water partition coefficient (Wildman–Crippen LogP) is 2.40. The summed E-state index contributed by atoms with van der Waals surface area (Å²) < 4.78 is 1.20. The molecule has 1 fully saturated rings. The van der Waals surface area contributed by atoms with Crippen LogP contribution in [0.3, 0.4) is 0 Å². The number of anilines is 1. The van der Waals surface area contributed by atoms with Gasteiger partial charge in [-0.3, -0.25) is 9.59 Å². The van der Waals surface area contributed by atoms with Gasteiger partial charge in [-0.2, -0.15) is 0 Å². The first kappa shape index (κ1) is 19.5. The van der Waals surface area contributed by atoms with Crippen LogP contribution in [-0.2, 0) is 4.79 Å². The maximum Gasteiger partial charge on any atom is 0.279 e. The van der Waals surface area contributed by atoms with E-state index in [4.69, 9.17) is 4.98 Å². The van der Waals surface area contributed by atoms with E-state index in [1.807, 2.05) is 18.2 Å². The van der Waals surface area contributed by atoms with E-state index in [1.165, 1.54) is 16.0 Å². The Morgan fingerprint density at radius 2 is 2.03 bits per heavy atom. The van der Waals surface area contributed by atoms with Gasteiger partial charge in [0.2, 0.25) is 0 Å². The van der Waals surface area contributed by atoms with Gasteiger partial charge in [-0.15, -0.1) is 11.3 Å². The second-order valence-corrected chi connectivity index (χ2v) is 8.42. The second-order valence-electron chi connectivity index (χ2n) is 7.36. The average molecular weight is 410 g/mol. The van der Waals surface area contributed by atoms with Crippen LogP contribution in [0.1, 0.15) is 40.7 Å². The Kier molecular flexibility index (Phi) is 5.87. The summed E-state index contributed by atoms with van der Waals surface area (Å²) >= 11 is 1.74. The molecule has 2 atom stereocenters. The molecule has 0 radical (unpaired) electrons. The van der Waals surface area contributed by atoms with E-state index in [0.717, 1.165) is 29.9 Å². The molecular formula is C22H25N4O2S+. The third-order valence-corrected chi connectivity index (χ3v) is 6.52. The second kappa shape index (κ2) is 8.71. The van der Waals surface area contributed by atoms with Gasteiger partial charge in [0, 0.05) is 24.7 Å². The molecule has 1 aromatic heterocycles. The van der Waals surface area contributed by atoms with Crippen LogP contribution in [0, 0.1) is 0 Å². The molecule has 0 spiro atoms. The highest BCUT2D eigenvalue weighted by Gasteiger charge is 2.31. The number of hydrogen-bond acceptors (Lipinski definition) is 4. The third kappa shape index (κ3) is 4.46. The molecule has 1 aliphatic heterocycles. The topological polar surface area (TPSA) is 75.5 Å². The van der Waals surface area contributed by atoms with Gasteiger partial charge in [-0.25, -0.2) is 4.98 Å². The minimum atomic E-state index is -0.168. The predicted molar refractivity (Wildman–Crippen MR) is 115 cm³/mol. The van der Waals surface area contributed by atoms with Crippen molar-refractivity contribution in [3.8, 4) is 0 Å². The van der Waals surface area contributed by atoms with Gasteiger partial charge in [-0.1, -0.05) is 18.2 Å². The van der Waals surface area contributed by atoms with E-state index in [1.54, 1.807) is 42.6 Å². The van der Waals surface area contributed by atoms with Crippen molar-refractivity contribution in [3.63, 3.8) is 0 Å². The fourth-order valence-corrected chi connectivity index (χ4v) is 5.08. The van der Waals surface area contributed by atoms with Gasteiger partial charge in [0.05, 0.1) is 16.8 Å². The van der Waals surface area contributed by atoms with Crippen LogP contribution in [0.15, 0.2) is 48.5 Å². The van der Waals surface area contributed by atoms with Gasteiger partial charge in [-0.05, 0) is 43.2 Å². The standard InChI is InChI=1S/C22H24N4O2S/c1-23-21(28)15-7-6-8-16(13-15)24-20(27)14-26-12-5-4-10-18(26)22-25-17-9-2-3-11-19(17)29-22/h2-3,6-9,11,13,18H,4-5,10,12,14H2,1H3,(H,23,28)(H,24,27)/p+1/t18-/m0/s1. The number of quaternary nitrogens is 1. The molecule has 0 aliphatic carbocycles. The lowest BCUT2D eigenvalue weighted by molar-refractivity contribution is -0.929. The fraction of sp³-hybridized carbons (Fsp3) is 0.318. The zero-order valence-corrected chi connectivity index (χ0v) is 17.2. The maximum atomic E-state index is 12.7. The van der Waals surface area contributed by atoms with Gasteiger partial charge in [0.1, 0.15) is 6.04 Å². The number of carbonyl (C=O) groups excluding carboxylic acids is 2. The van der Waals surface area contributed by atoms with Crippen LogP contribution in [-0.4, -0.2) is 36.9 Å². The number of amides is 2. The number of nitrogens with one attached hydrogen (secondary N) is 3. The zero-order valence-electron chi connectivity index (χ0n) is 16.4. The Balaban J connectivity index is 1.46. The summed E-state index contributed by atoms with van der Waals surface area (Å²) in [5, 5.41) is 6.67. The molecule has 7 heteroatoms. The largest absolute Gasteiger partial charge is 0.355 e. The van der Waals surface area contributed by atoms with Crippen molar-refractivity contribution in [2.24, 2.45) is 0 Å². The van der Waals surface area contributed by atoms with Crippen molar-refractivity contribution in [2.45, 2.75) is 25.3 Å². The summed E-state index contributed by atoms with van der Waals surface area (Å²) in [5.41, 5.74) is 2.21. The molecule has 2 heterocycles. The molecule has 150 valence electrons. The highest BCUT2D eigenvalue weighted by Crippen LogP contribution is 2.28. The van der Waals surface area contributed by atoms with E-state index in [-0.39, 0.29) is 17.9 Å². The maximum absolute atomic E-state index is 12.7. The number of thiazole rings is 1. The van der Waals surface area contributed by atoms with E-state index >= 15 is 0 Å². The molecule has 4 rings (SSSR count). The minimum Gasteiger partial charge on any atom is -0.355 e. The average Bonchev–Trinajstić information content (AvgIpc) is 3.17. The Morgan fingerprint density at radius 1 is 1.17 bits per heavy atom. The lowest BCUT2D eigenvalue weighted by Crippen LogP contribution is -3.14. The highest BCUT2D eigenvalue weighted by atomic mass is 32.1. The highest BCUT2D eigenvalue weighted by molar-refractivity contribution is 7.18. The number of hydrogen-bond donors (Lipinski definition) is 3. The van der Waals surface area contributed by atoms with Crippen LogP contribution >= 0.6 is 11.3 Å². The molecule has 3 aromatic rings. The number of carbonyl (C=O) groups is 2. The Hall–Kier alpha value is -2.77. The summed E-state index contributed by atoms with van der Waals surface area (Å²) in [6.07, 6.45) is 3.34. The van der Waals surface area contributed by atoms with Crippen molar-refractivity contribution in [2.75, 3.05) is 25.5 Å². The monoisotopic (exact) mass is 409 g/mol. The molecule has 2 aromatic carbocycles. The van der Waals surface area contributed by atoms with E-state index in [9.17, 15) is 9.59 Å². The zero-order chi connectivity index (χ0) is 20.2. The summed E-state index contributed by atoms with van der Waals surface area (Å²) in [6.45, 7) is 1.36. The first-order chi connectivity index (χ1) is 14.1. The lowest BCUT2D eigenvalue weighted by Gasteiger charge is -2.30. The van der Waals surface area contributed by atoms with Gasteiger partial charge in [0.25, 0.3) is 11.8 Å². The summed E-state index contributed by atoms with van der Waals surface area (Å²) in [5.74, 6) is -0.208. The molecule has 2 amide bonds. The van der Waals surface area contributed by atoms with Crippen molar-refractivity contribution in [1.82, 2.24) is 10.3 Å². The summed E-state index contributed by atoms with van der Waals surface area (Å²) in [7, 11) is 1.59. The van der Waals surface area contributed by atoms with Crippen molar-refractivity contribution in [3.05, 3.63) is 59.1 Å². The lowest BCUT2D eigenvalue weighted by atomic mass is 10.0. The molecule has 3 N–H and O–H groups in total. The number of nitrogens with zero attached hydrogens (tertiary/aromatic N) is 1. The number of fused-ring (bicyclic) bond motifs is 1. The number of piperidine rings is 1. The summed E-state index contributed by atoms with van der Waals surface area (Å²) in [6, 6.07) is 15.5. The number of rotatable bonds is 5. The van der Waals surface area contributed by atoms with Crippen LogP contribution < -0.4 is 15.5 Å². The molecule has 0 saturated carbocycles. The molecule has 0 bridgehead atoms. The molecular weight excluding hydrogens is 384 g/mol. The fourth-order valence-electron chi connectivity index (χ4n) is 3.92. The third-order valence-electron chi connectivity index (χ3n) is 5.37. The minimum absolute atomic E-state index is 0.0398. The SMILES string of the molecule is CNC(=O)c1cccc(NC(=O)C[NH+]2CCCC[C@H]2c2nc3ccccc3s2)c1. The van der Waals surface area contributed by atoms with Crippen molar-refractivity contribution < 1.29 is 14.5 Å². The van der Waals surface area contributed by atoms with Crippen LogP contribution in [0.2, 0.25) is 0 Å². The van der Waals surface area contributed by atoms with E-state index in [2.05, 4.69) is 16.7 Å². The molecule has 1 aliphatic rings. The van der Waals surface area contributed by atoms with Crippen LogP contribution in [0.4, 0.5) is 5.69 Å². The first-order valence-electron chi connectivity index (χ1n) is 9.96. The van der Waals surface area contributed by atoms with Crippen molar-refractivity contribution in [1.29, 1.82) is 0 Å². The molecule has 29 heavy (non-hydrogen) atoms. The number of likely N-dealkylation sites (tertiary alicyclic amines) is 1. The number of para-hydroxylation sites is 1. The smallest absolute Gasteiger partial charge is 0.279 e. The summed E-state index contributed by atoms with van der Waals surface area (Å²) in [4.78, 5) is 30.6. The first-order valence-corrected chi connectivity index (χ1v) is 10.8. The molecule has 6 nitrogen and oxygen atoms in total. The van der Waals surface area contributed by atoms with Gasteiger partial charge >= 0.3 is 0 Å². The van der Waals surface area contributed by atoms with Crippen molar-refractivity contribution >= 4 is 39.1 Å². The van der Waals surface area contributed by atoms with Crippen LogP contribution in [0.25, 0.3) is 10.2 Å². The van der Waals surface area contributed by atoms with Gasteiger partial charge in [0.15, 0.2) is 11.6 Å². The number of benzene rings is 2. The molecule has 1 unspecified atom stereocenters. The normalized spacial score (nSPS) is 19.1. The van der Waals surface area contributed by atoms with E-state index in [0.29, 0.717) is 17.8 Å². The van der Waals surface area contributed by atoms with E-state index < -0.39 is 0 Å². The Labute approximate surface area is 173 Å². The quantitative estimate of drug-likeness (QED) is 0.606. The van der Waals surface area contributed by atoms with Gasteiger partial charge < -0.3 is 15.5 Å². The number of aromatic nitrogens is 1. The van der Waals surface area contributed by atoms with Crippen LogP contribution in [0.5, 0.6) is 0 Å². The molecule has 1 saturated heterocycles. The Bertz CT molecular complexity index is 999.